The molecule has 3 aromatic carbocycles. The van der Waals surface area contributed by atoms with Crippen LogP contribution in [0.1, 0.15) is 36.1 Å². The van der Waals surface area contributed by atoms with Crippen LogP contribution in [0.4, 0.5) is 20.2 Å². The van der Waals surface area contributed by atoms with E-state index in [0.29, 0.717) is 24.1 Å². The minimum atomic E-state index is -0.834. The number of carbonyl (C=O) groups is 1. The Labute approximate surface area is 178 Å². The zero-order valence-corrected chi connectivity index (χ0v) is 16.6. The van der Waals surface area contributed by atoms with E-state index >= 15 is 0 Å². The average molecular weight is 424 g/mol. The SMILES string of the molecule is Nc1cc([C@@H]2[C@@H](CC[C@H](O)c3ccc(F)cc3)C(=O)N2c2ccc(F)cc2)ccc1O. The number of nitrogens with zero attached hydrogens (tertiary/aromatic N) is 1. The van der Waals surface area contributed by atoms with Gasteiger partial charge in [-0.3, -0.25) is 4.79 Å². The number of nitrogens with two attached hydrogens (primary N) is 1. The molecule has 0 aromatic heterocycles. The first kappa shape index (κ1) is 20.8. The van der Waals surface area contributed by atoms with E-state index < -0.39 is 17.8 Å². The molecule has 4 N–H and O–H groups in total. The molecule has 1 aliphatic rings. The molecule has 3 atom stereocenters. The molecule has 1 amide bonds. The van der Waals surface area contributed by atoms with Crippen molar-refractivity contribution in [2.45, 2.75) is 25.0 Å². The third-order valence-electron chi connectivity index (χ3n) is 5.72. The number of nitrogen functional groups attached to an aromatic ring is 1. The summed E-state index contributed by atoms with van der Waals surface area (Å²) in [5.41, 5.74) is 7.92. The van der Waals surface area contributed by atoms with Gasteiger partial charge in [0.1, 0.15) is 17.4 Å². The number of amides is 1. The maximum absolute atomic E-state index is 13.4. The number of hydrogen-bond donors (Lipinski definition) is 3. The highest BCUT2D eigenvalue weighted by Gasteiger charge is 2.48. The molecule has 4 rings (SSSR count). The summed E-state index contributed by atoms with van der Waals surface area (Å²) in [5.74, 6) is -1.41. The van der Waals surface area contributed by atoms with Crippen molar-refractivity contribution in [2.24, 2.45) is 5.92 Å². The third kappa shape index (κ3) is 4.09. The van der Waals surface area contributed by atoms with Gasteiger partial charge in [-0.15, -0.1) is 0 Å². The molecule has 1 saturated heterocycles. The lowest BCUT2D eigenvalue weighted by atomic mass is 9.78. The Morgan fingerprint density at radius 2 is 1.58 bits per heavy atom. The van der Waals surface area contributed by atoms with Crippen molar-refractivity contribution >= 4 is 17.3 Å². The van der Waals surface area contributed by atoms with Crippen LogP contribution in [-0.2, 0) is 4.79 Å². The van der Waals surface area contributed by atoms with Crippen LogP contribution in [0.15, 0.2) is 66.7 Å². The van der Waals surface area contributed by atoms with Crippen LogP contribution < -0.4 is 10.6 Å². The van der Waals surface area contributed by atoms with Gasteiger partial charge >= 0.3 is 0 Å². The maximum atomic E-state index is 13.4. The number of carbonyl (C=O) groups excluding carboxylic acids is 1. The fraction of sp³-hybridized carbons (Fsp3) is 0.208. The topological polar surface area (TPSA) is 86.8 Å². The van der Waals surface area contributed by atoms with Gasteiger partial charge in [-0.05, 0) is 72.5 Å². The van der Waals surface area contributed by atoms with E-state index in [0.717, 1.165) is 5.56 Å². The molecule has 0 unspecified atom stereocenters. The first-order chi connectivity index (χ1) is 14.8. The lowest BCUT2D eigenvalue weighted by Crippen LogP contribution is -2.55. The van der Waals surface area contributed by atoms with Gasteiger partial charge in [0.25, 0.3) is 0 Å². The van der Waals surface area contributed by atoms with Crippen LogP contribution in [0.25, 0.3) is 0 Å². The summed E-state index contributed by atoms with van der Waals surface area (Å²) in [6, 6.07) is 15.7. The van der Waals surface area contributed by atoms with Crippen LogP contribution in [0, 0.1) is 17.6 Å². The van der Waals surface area contributed by atoms with E-state index in [9.17, 15) is 23.8 Å². The molecule has 0 spiro atoms. The summed E-state index contributed by atoms with van der Waals surface area (Å²) in [6.45, 7) is 0. The van der Waals surface area contributed by atoms with Crippen molar-refractivity contribution in [2.75, 3.05) is 10.6 Å². The molecule has 1 fully saturated rings. The van der Waals surface area contributed by atoms with Crippen molar-refractivity contribution in [1.29, 1.82) is 0 Å². The molecule has 31 heavy (non-hydrogen) atoms. The highest BCUT2D eigenvalue weighted by Crippen LogP contribution is 2.47. The number of aliphatic hydroxyl groups excluding tert-OH is 1. The molecule has 5 nitrogen and oxygen atoms in total. The fourth-order valence-electron chi connectivity index (χ4n) is 4.05. The molecule has 1 heterocycles. The highest BCUT2D eigenvalue weighted by molar-refractivity contribution is 6.03. The largest absolute Gasteiger partial charge is 0.506 e. The second-order valence-electron chi connectivity index (χ2n) is 7.70. The Morgan fingerprint density at radius 3 is 2.19 bits per heavy atom. The molecule has 1 aliphatic heterocycles. The quantitative estimate of drug-likeness (QED) is 0.310. The summed E-state index contributed by atoms with van der Waals surface area (Å²) in [5, 5.41) is 20.2. The summed E-state index contributed by atoms with van der Waals surface area (Å²) in [6.07, 6.45) is -0.136. The number of β-lactam (4-membered cyclic amide) rings is 1. The normalized spacial score (nSPS) is 19.2. The second kappa shape index (κ2) is 8.35. The van der Waals surface area contributed by atoms with Gasteiger partial charge in [0, 0.05) is 5.69 Å². The van der Waals surface area contributed by atoms with E-state index in [1.54, 1.807) is 17.0 Å². The van der Waals surface area contributed by atoms with Gasteiger partial charge in [-0.2, -0.15) is 0 Å². The van der Waals surface area contributed by atoms with E-state index in [4.69, 9.17) is 5.73 Å². The maximum Gasteiger partial charge on any atom is 0.233 e. The number of benzene rings is 3. The first-order valence-electron chi connectivity index (χ1n) is 9.95. The number of rotatable bonds is 6. The van der Waals surface area contributed by atoms with Gasteiger partial charge in [0.2, 0.25) is 5.91 Å². The Bertz CT molecular complexity index is 1090. The monoisotopic (exact) mass is 424 g/mol. The van der Waals surface area contributed by atoms with Gasteiger partial charge in [0.15, 0.2) is 0 Å². The Hall–Kier alpha value is -3.45. The Balaban J connectivity index is 1.58. The van der Waals surface area contributed by atoms with Crippen molar-refractivity contribution in [3.8, 4) is 5.75 Å². The standard InChI is InChI=1S/C24H22F2N2O3/c25-16-4-1-14(2-5-16)21(29)12-10-19-23(15-3-11-22(30)20(27)13-15)28(24(19)31)18-8-6-17(26)7-9-18/h1-9,11,13,19,21,23,29-30H,10,12,27H2/t19-,21+,23-/m1/s1. The molecule has 0 bridgehead atoms. The zero-order valence-electron chi connectivity index (χ0n) is 16.6. The number of aliphatic hydroxyl groups is 1. The van der Waals surface area contributed by atoms with Crippen molar-refractivity contribution < 1.29 is 23.8 Å². The Morgan fingerprint density at radius 1 is 0.968 bits per heavy atom. The number of anilines is 2. The van der Waals surface area contributed by atoms with Crippen molar-refractivity contribution in [3.05, 3.63) is 89.5 Å². The number of hydrogen-bond acceptors (Lipinski definition) is 4. The zero-order chi connectivity index (χ0) is 22.1. The molecule has 0 saturated carbocycles. The highest BCUT2D eigenvalue weighted by atomic mass is 19.1. The van der Waals surface area contributed by atoms with E-state index in [2.05, 4.69) is 0 Å². The van der Waals surface area contributed by atoms with Crippen molar-refractivity contribution in [1.82, 2.24) is 0 Å². The molecule has 7 heteroatoms. The summed E-state index contributed by atoms with van der Waals surface area (Å²) >= 11 is 0. The van der Waals surface area contributed by atoms with Crippen molar-refractivity contribution in [3.63, 3.8) is 0 Å². The Kier molecular flexibility index (Phi) is 5.61. The van der Waals surface area contributed by atoms with E-state index in [1.165, 1.54) is 54.6 Å². The minimum Gasteiger partial charge on any atom is -0.506 e. The van der Waals surface area contributed by atoms with E-state index in [1.807, 2.05) is 0 Å². The van der Waals surface area contributed by atoms with Crippen LogP contribution in [0.2, 0.25) is 0 Å². The van der Waals surface area contributed by atoms with Crippen LogP contribution >= 0.6 is 0 Å². The van der Waals surface area contributed by atoms with Crippen LogP contribution in [0.5, 0.6) is 5.75 Å². The molecule has 0 aliphatic carbocycles. The fourth-order valence-corrected chi connectivity index (χ4v) is 4.05. The lowest BCUT2D eigenvalue weighted by Gasteiger charge is -2.48. The number of aromatic hydroxyl groups is 1. The lowest BCUT2D eigenvalue weighted by molar-refractivity contribution is -0.131. The minimum absolute atomic E-state index is 0.0500. The molecule has 160 valence electrons. The predicted octanol–water partition coefficient (Wildman–Crippen LogP) is 4.47. The van der Waals surface area contributed by atoms with Crippen LogP contribution in [0.3, 0.4) is 0 Å². The number of phenols is 1. The van der Waals surface area contributed by atoms with E-state index in [-0.39, 0.29) is 29.2 Å². The van der Waals surface area contributed by atoms with Gasteiger partial charge in [-0.1, -0.05) is 18.2 Å². The van der Waals surface area contributed by atoms with Gasteiger partial charge in [0.05, 0.1) is 23.8 Å². The average Bonchev–Trinajstić information content (AvgIpc) is 2.75. The first-order valence-corrected chi connectivity index (χ1v) is 9.95. The van der Waals surface area contributed by atoms with Gasteiger partial charge in [-0.25, -0.2) is 8.78 Å². The smallest absolute Gasteiger partial charge is 0.233 e. The molecule has 0 radical (unpaired) electrons. The number of phenolic OH excluding ortho intramolecular Hbond substituents is 1. The molecular weight excluding hydrogens is 402 g/mol. The third-order valence-corrected chi connectivity index (χ3v) is 5.72. The summed E-state index contributed by atoms with van der Waals surface area (Å²) in [4.78, 5) is 14.6. The molecule has 3 aromatic rings. The van der Waals surface area contributed by atoms with Crippen LogP contribution in [-0.4, -0.2) is 16.1 Å². The molecular formula is C24H22F2N2O3. The second-order valence-corrected chi connectivity index (χ2v) is 7.70. The summed E-state index contributed by atoms with van der Waals surface area (Å²) < 4.78 is 26.5. The summed E-state index contributed by atoms with van der Waals surface area (Å²) in [7, 11) is 0. The predicted molar refractivity (Wildman–Crippen MR) is 113 cm³/mol. The van der Waals surface area contributed by atoms with Gasteiger partial charge < -0.3 is 20.8 Å². The number of halogens is 2.